The van der Waals surface area contributed by atoms with Gasteiger partial charge in [0, 0.05) is 13.1 Å². The quantitative estimate of drug-likeness (QED) is 0.948. The summed E-state index contributed by atoms with van der Waals surface area (Å²) in [7, 11) is 0. The van der Waals surface area contributed by atoms with Crippen molar-refractivity contribution in [2.75, 3.05) is 11.9 Å². The number of hydrogen-bond donors (Lipinski definition) is 1. The van der Waals surface area contributed by atoms with E-state index in [9.17, 15) is 4.79 Å². The van der Waals surface area contributed by atoms with Gasteiger partial charge in [0.15, 0.2) is 0 Å². The van der Waals surface area contributed by atoms with Gasteiger partial charge in [-0.25, -0.2) is 0 Å². The molecule has 4 nitrogen and oxygen atoms in total. The molecule has 0 unspecified atom stereocenters. The minimum atomic E-state index is -0.220. The van der Waals surface area contributed by atoms with Gasteiger partial charge in [-0.15, -0.1) is 11.3 Å². The summed E-state index contributed by atoms with van der Waals surface area (Å²) in [5.41, 5.74) is 3.19. The minimum absolute atomic E-state index is 0.0571. The van der Waals surface area contributed by atoms with E-state index in [0.717, 1.165) is 19.5 Å². The first kappa shape index (κ1) is 14.8. The number of carbonyl (C=O) groups excluding carboxylic acids is 1. The topological polar surface area (TPSA) is 56.1 Å². The summed E-state index contributed by atoms with van der Waals surface area (Å²) in [6.45, 7) is 3.59. The highest BCUT2D eigenvalue weighted by Gasteiger charge is 2.25. The summed E-state index contributed by atoms with van der Waals surface area (Å²) in [4.78, 5) is 14.6. The van der Waals surface area contributed by atoms with Gasteiger partial charge in [0.25, 0.3) is 0 Å². The van der Waals surface area contributed by atoms with Crippen molar-refractivity contribution in [1.29, 1.82) is 5.26 Å². The highest BCUT2D eigenvalue weighted by atomic mass is 32.1. The van der Waals surface area contributed by atoms with Crippen LogP contribution in [0.2, 0.25) is 0 Å². The third-order valence-corrected chi connectivity index (χ3v) is 4.94. The summed E-state index contributed by atoms with van der Waals surface area (Å²) in [6.07, 6.45) is 0.968. The van der Waals surface area contributed by atoms with Crippen LogP contribution in [0.4, 0.5) is 5.00 Å². The molecule has 0 saturated carbocycles. The summed E-state index contributed by atoms with van der Waals surface area (Å²) in [5.74, 6) is -0.0571. The third-order valence-electron chi connectivity index (χ3n) is 4.11. The molecule has 112 valence electrons. The van der Waals surface area contributed by atoms with Gasteiger partial charge in [-0.05, 0) is 35.9 Å². The SMILES string of the molecule is C[C@H](C(=O)Nc1sccc1C#N)N1CCc2ccccc2C1. The van der Waals surface area contributed by atoms with E-state index in [1.807, 2.05) is 18.4 Å². The fourth-order valence-corrected chi connectivity index (χ4v) is 3.46. The van der Waals surface area contributed by atoms with Crippen molar-refractivity contribution in [3.05, 3.63) is 52.4 Å². The molecule has 22 heavy (non-hydrogen) atoms. The first-order chi connectivity index (χ1) is 10.7. The van der Waals surface area contributed by atoms with Crippen molar-refractivity contribution in [2.45, 2.75) is 25.9 Å². The van der Waals surface area contributed by atoms with Gasteiger partial charge < -0.3 is 5.32 Å². The van der Waals surface area contributed by atoms with E-state index in [-0.39, 0.29) is 11.9 Å². The van der Waals surface area contributed by atoms with Crippen LogP contribution < -0.4 is 5.32 Å². The highest BCUT2D eigenvalue weighted by molar-refractivity contribution is 7.14. The van der Waals surface area contributed by atoms with Crippen LogP contribution in [0.25, 0.3) is 0 Å². The monoisotopic (exact) mass is 311 g/mol. The van der Waals surface area contributed by atoms with Crippen LogP contribution in [-0.4, -0.2) is 23.4 Å². The molecular formula is C17H17N3OS. The second-order valence-corrected chi connectivity index (χ2v) is 6.35. The number of carbonyl (C=O) groups is 1. The van der Waals surface area contributed by atoms with Crippen LogP contribution in [0.15, 0.2) is 35.7 Å². The van der Waals surface area contributed by atoms with Crippen LogP contribution >= 0.6 is 11.3 Å². The predicted octanol–water partition coefficient (Wildman–Crippen LogP) is 3.01. The van der Waals surface area contributed by atoms with E-state index >= 15 is 0 Å². The summed E-state index contributed by atoms with van der Waals surface area (Å²) < 4.78 is 0. The van der Waals surface area contributed by atoms with Gasteiger partial charge >= 0.3 is 0 Å². The van der Waals surface area contributed by atoms with Crippen LogP contribution in [-0.2, 0) is 17.8 Å². The van der Waals surface area contributed by atoms with Gasteiger partial charge in [0.2, 0.25) is 5.91 Å². The Balaban J connectivity index is 1.68. The number of hydrogen-bond acceptors (Lipinski definition) is 4. The van der Waals surface area contributed by atoms with E-state index in [2.05, 4.69) is 34.5 Å². The molecule has 0 aliphatic carbocycles. The van der Waals surface area contributed by atoms with Crippen molar-refractivity contribution in [3.63, 3.8) is 0 Å². The molecule has 0 fully saturated rings. The molecule has 1 aliphatic rings. The summed E-state index contributed by atoms with van der Waals surface area (Å²) in [5, 5.41) is 14.3. The van der Waals surface area contributed by atoms with Gasteiger partial charge in [0.1, 0.15) is 11.1 Å². The number of nitriles is 1. The van der Waals surface area contributed by atoms with E-state index in [0.29, 0.717) is 10.6 Å². The zero-order valence-electron chi connectivity index (χ0n) is 12.4. The Morgan fingerprint density at radius 1 is 1.36 bits per heavy atom. The van der Waals surface area contributed by atoms with E-state index in [1.54, 1.807) is 6.07 Å². The Morgan fingerprint density at radius 2 is 2.14 bits per heavy atom. The van der Waals surface area contributed by atoms with Crippen molar-refractivity contribution in [1.82, 2.24) is 4.90 Å². The molecule has 1 atom stereocenters. The largest absolute Gasteiger partial charge is 0.315 e. The number of nitrogens with zero attached hydrogens (tertiary/aromatic N) is 2. The number of amides is 1. The van der Waals surface area contributed by atoms with Gasteiger partial charge in [-0.3, -0.25) is 9.69 Å². The first-order valence-electron chi connectivity index (χ1n) is 7.28. The van der Waals surface area contributed by atoms with Gasteiger partial charge in [-0.2, -0.15) is 5.26 Å². The fourth-order valence-electron chi connectivity index (χ4n) is 2.72. The Hall–Kier alpha value is -2.16. The predicted molar refractivity (Wildman–Crippen MR) is 87.7 cm³/mol. The lowest BCUT2D eigenvalue weighted by Crippen LogP contribution is -2.44. The average molecular weight is 311 g/mol. The molecule has 5 heteroatoms. The third kappa shape index (κ3) is 2.89. The fraction of sp³-hybridized carbons (Fsp3) is 0.294. The Morgan fingerprint density at radius 3 is 2.91 bits per heavy atom. The number of nitrogens with one attached hydrogen (secondary N) is 1. The van der Waals surface area contributed by atoms with Crippen molar-refractivity contribution < 1.29 is 4.79 Å². The van der Waals surface area contributed by atoms with Crippen LogP contribution in [0.3, 0.4) is 0 Å². The second-order valence-electron chi connectivity index (χ2n) is 5.43. The molecule has 0 radical (unpaired) electrons. The molecule has 2 aromatic rings. The maximum Gasteiger partial charge on any atom is 0.242 e. The lowest BCUT2D eigenvalue weighted by atomic mass is 9.99. The van der Waals surface area contributed by atoms with Crippen LogP contribution in [0.1, 0.15) is 23.6 Å². The van der Waals surface area contributed by atoms with E-state index < -0.39 is 0 Å². The maximum absolute atomic E-state index is 12.4. The molecule has 1 aromatic heterocycles. The zero-order valence-corrected chi connectivity index (χ0v) is 13.2. The molecule has 2 heterocycles. The molecule has 1 N–H and O–H groups in total. The molecule has 1 amide bonds. The Kier molecular flexibility index (Phi) is 4.23. The number of fused-ring (bicyclic) bond motifs is 1. The normalized spacial score (nSPS) is 15.6. The molecule has 1 aromatic carbocycles. The molecule has 3 rings (SSSR count). The van der Waals surface area contributed by atoms with Crippen molar-refractivity contribution in [2.24, 2.45) is 0 Å². The second kappa shape index (κ2) is 6.30. The number of thiophene rings is 1. The van der Waals surface area contributed by atoms with Crippen molar-refractivity contribution in [3.8, 4) is 6.07 Å². The maximum atomic E-state index is 12.4. The molecular weight excluding hydrogens is 294 g/mol. The lowest BCUT2D eigenvalue weighted by molar-refractivity contribution is -0.121. The van der Waals surface area contributed by atoms with Crippen molar-refractivity contribution >= 4 is 22.2 Å². The summed E-state index contributed by atoms with van der Waals surface area (Å²) >= 11 is 1.38. The molecule has 0 saturated heterocycles. The number of benzene rings is 1. The standard InChI is InChI=1S/C17H17N3OS/c1-12(16(21)19-17-14(10-18)7-9-22-17)20-8-6-13-4-2-3-5-15(13)11-20/h2-5,7,9,12H,6,8,11H2,1H3,(H,19,21)/t12-/m1/s1. The molecule has 1 aliphatic heterocycles. The number of anilines is 1. The lowest BCUT2D eigenvalue weighted by Gasteiger charge is -2.32. The molecule has 0 bridgehead atoms. The van der Waals surface area contributed by atoms with E-state index in [1.165, 1.54) is 22.5 Å². The number of rotatable bonds is 3. The highest BCUT2D eigenvalue weighted by Crippen LogP contribution is 2.24. The average Bonchev–Trinajstić information content (AvgIpc) is 3.00. The van der Waals surface area contributed by atoms with E-state index in [4.69, 9.17) is 5.26 Å². The minimum Gasteiger partial charge on any atom is -0.315 e. The smallest absolute Gasteiger partial charge is 0.242 e. The Labute approximate surface area is 134 Å². The van der Waals surface area contributed by atoms with Crippen LogP contribution in [0.5, 0.6) is 0 Å². The summed E-state index contributed by atoms with van der Waals surface area (Å²) in [6, 6.07) is 12.0. The Bertz CT molecular complexity index is 732. The first-order valence-corrected chi connectivity index (χ1v) is 8.16. The van der Waals surface area contributed by atoms with Crippen LogP contribution in [0, 0.1) is 11.3 Å². The van der Waals surface area contributed by atoms with Gasteiger partial charge in [-0.1, -0.05) is 24.3 Å². The van der Waals surface area contributed by atoms with Gasteiger partial charge in [0.05, 0.1) is 11.6 Å². The zero-order chi connectivity index (χ0) is 15.5. The molecule has 0 spiro atoms.